The summed E-state index contributed by atoms with van der Waals surface area (Å²) in [7, 11) is 0. The number of hydrogen-bond donors (Lipinski definition) is 2. The summed E-state index contributed by atoms with van der Waals surface area (Å²) in [6.07, 6.45) is 5.57. The maximum atomic E-state index is 12.4. The van der Waals surface area contributed by atoms with Crippen LogP contribution in [-0.4, -0.2) is 16.9 Å². The lowest BCUT2D eigenvalue weighted by atomic mass is 9.83. The van der Waals surface area contributed by atoms with Crippen molar-refractivity contribution in [2.45, 2.75) is 38.1 Å². The molecule has 1 aliphatic carbocycles. The van der Waals surface area contributed by atoms with Gasteiger partial charge in [0.1, 0.15) is 0 Å². The zero-order valence-electron chi connectivity index (χ0n) is 11.6. The topological polar surface area (TPSA) is 55.1 Å². The van der Waals surface area contributed by atoms with Gasteiger partial charge in [-0.3, -0.25) is 4.79 Å². The van der Waals surface area contributed by atoms with Crippen LogP contribution in [0.15, 0.2) is 18.2 Å². The van der Waals surface area contributed by atoms with Gasteiger partial charge in [-0.05, 0) is 30.9 Å². The molecule has 1 amide bonds. The van der Waals surface area contributed by atoms with Crippen LogP contribution in [-0.2, 0) is 0 Å². The van der Waals surface area contributed by atoms with Gasteiger partial charge in [-0.25, -0.2) is 0 Å². The maximum Gasteiger partial charge on any atom is 0.254 e. The molecule has 21 heavy (non-hydrogen) atoms. The first-order valence-electron chi connectivity index (χ1n) is 7.05. The van der Waals surface area contributed by atoms with E-state index in [-0.39, 0.29) is 17.5 Å². The second kappa shape index (κ2) is 7.43. The van der Waals surface area contributed by atoms with E-state index >= 15 is 0 Å². The van der Waals surface area contributed by atoms with Gasteiger partial charge in [0.2, 0.25) is 0 Å². The molecule has 0 bridgehead atoms. The molecule has 2 rings (SSSR count). The Balaban J connectivity index is 2.16. The Hall–Kier alpha value is -0.840. The molecule has 1 aliphatic rings. The first-order chi connectivity index (χ1) is 10.0. The number of halogens is 2. The summed E-state index contributed by atoms with van der Waals surface area (Å²) in [4.78, 5) is 12.8. The fraction of sp³-hybridized carbons (Fsp3) is 0.467. The lowest BCUT2D eigenvalue weighted by Gasteiger charge is -2.30. The predicted octanol–water partition coefficient (Wildman–Crippen LogP) is 3.96. The highest BCUT2D eigenvalue weighted by atomic mass is 35.5. The molecule has 0 spiro atoms. The van der Waals surface area contributed by atoms with Crippen molar-refractivity contribution in [3.05, 3.63) is 33.8 Å². The number of carbonyl (C=O) groups is 1. The van der Waals surface area contributed by atoms with Crippen LogP contribution < -0.4 is 11.1 Å². The van der Waals surface area contributed by atoms with E-state index in [1.165, 1.54) is 6.42 Å². The van der Waals surface area contributed by atoms with Crippen LogP contribution in [0.2, 0.25) is 10.0 Å². The molecule has 1 fully saturated rings. The van der Waals surface area contributed by atoms with Crippen LogP contribution in [0, 0.1) is 5.92 Å². The average molecular weight is 345 g/mol. The molecule has 1 aromatic rings. The summed E-state index contributed by atoms with van der Waals surface area (Å²) in [5.41, 5.74) is 6.10. The third-order valence-electron chi connectivity index (χ3n) is 3.90. The summed E-state index contributed by atoms with van der Waals surface area (Å²) in [5, 5.41) is 3.56. The monoisotopic (exact) mass is 344 g/mol. The minimum absolute atomic E-state index is 0.276. The first-order valence-corrected chi connectivity index (χ1v) is 8.21. The molecular weight excluding hydrogens is 327 g/mol. The van der Waals surface area contributed by atoms with Crippen molar-refractivity contribution in [1.82, 2.24) is 5.32 Å². The molecule has 0 aliphatic heterocycles. The van der Waals surface area contributed by atoms with Gasteiger partial charge in [0.05, 0.1) is 26.6 Å². The van der Waals surface area contributed by atoms with Crippen molar-refractivity contribution in [3.8, 4) is 0 Å². The molecule has 6 heteroatoms. The third kappa shape index (κ3) is 4.09. The number of nitrogens with one attached hydrogen (secondary N) is 1. The van der Waals surface area contributed by atoms with Crippen LogP contribution in [0.3, 0.4) is 0 Å². The lowest BCUT2D eigenvalue weighted by molar-refractivity contribution is 0.0932. The van der Waals surface area contributed by atoms with Crippen LogP contribution in [0.25, 0.3) is 0 Å². The third-order valence-corrected chi connectivity index (χ3v) is 4.79. The highest BCUT2D eigenvalue weighted by molar-refractivity contribution is 7.80. The molecular formula is C15H18Cl2N2OS. The molecule has 3 N–H and O–H groups in total. The Bertz CT molecular complexity index is 524. The second-order valence-electron chi connectivity index (χ2n) is 5.35. The van der Waals surface area contributed by atoms with E-state index in [1.807, 2.05) is 0 Å². The molecule has 0 saturated heterocycles. The molecule has 0 heterocycles. The van der Waals surface area contributed by atoms with Crippen molar-refractivity contribution >= 4 is 46.3 Å². The summed E-state index contributed by atoms with van der Waals surface area (Å²) < 4.78 is 0. The lowest BCUT2D eigenvalue weighted by Crippen LogP contribution is -2.48. The number of rotatable bonds is 4. The molecule has 0 aromatic heterocycles. The van der Waals surface area contributed by atoms with Crippen molar-refractivity contribution < 1.29 is 4.79 Å². The highest BCUT2D eigenvalue weighted by Gasteiger charge is 2.28. The standard InChI is InChI=1S/C15H18Cl2N2OS/c16-10-7-4-8-11(17)12(10)15(20)19-13(14(18)21)9-5-2-1-3-6-9/h4,7-9,13H,1-3,5-6H2,(H2,18,21)(H,19,20). The smallest absolute Gasteiger partial charge is 0.254 e. The van der Waals surface area contributed by atoms with Crippen LogP contribution in [0.1, 0.15) is 42.5 Å². The molecule has 1 unspecified atom stereocenters. The Morgan fingerprint density at radius 2 is 1.81 bits per heavy atom. The summed E-state index contributed by atoms with van der Waals surface area (Å²) >= 11 is 17.3. The van der Waals surface area contributed by atoms with Crippen molar-refractivity contribution in [1.29, 1.82) is 0 Å². The van der Waals surface area contributed by atoms with E-state index in [4.69, 9.17) is 41.2 Å². The Morgan fingerprint density at radius 3 is 2.33 bits per heavy atom. The van der Waals surface area contributed by atoms with Gasteiger partial charge in [0.25, 0.3) is 5.91 Å². The van der Waals surface area contributed by atoms with Gasteiger partial charge in [0, 0.05) is 0 Å². The highest BCUT2D eigenvalue weighted by Crippen LogP contribution is 2.28. The Kier molecular flexibility index (Phi) is 5.85. The quantitative estimate of drug-likeness (QED) is 0.812. The summed E-state index contributed by atoms with van der Waals surface area (Å²) in [6.45, 7) is 0. The first kappa shape index (κ1) is 16.5. The number of nitrogens with two attached hydrogens (primary N) is 1. The minimum Gasteiger partial charge on any atom is -0.392 e. The Labute approximate surface area is 140 Å². The second-order valence-corrected chi connectivity index (χ2v) is 6.63. The fourth-order valence-corrected chi connectivity index (χ4v) is 3.64. The van der Waals surface area contributed by atoms with E-state index in [9.17, 15) is 4.79 Å². The SMILES string of the molecule is NC(=S)C(NC(=O)c1c(Cl)cccc1Cl)C1CCCCC1. The average Bonchev–Trinajstić information content (AvgIpc) is 2.45. The summed E-state index contributed by atoms with van der Waals surface area (Å²) in [5.74, 6) is -0.0320. The number of benzene rings is 1. The number of hydrogen-bond acceptors (Lipinski definition) is 2. The van der Waals surface area contributed by atoms with Crippen molar-refractivity contribution in [2.24, 2.45) is 11.7 Å². The van der Waals surface area contributed by atoms with E-state index in [0.717, 1.165) is 25.7 Å². The molecule has 1 atom stereocenters. The van der Waals surface area contributed by atoms with E-state index in [1.54, 1.807) is 18.2 Å². The normalized spacial score (nSPS) is 17.2. The van der Waals surface area contributed by atoms with E-state index < -0.39 is 0 Å². The van der Waals surface area contributed by atoms with Gasteiger partial charge < -0.3 is 11.1 Å². The van der Waals surface area contributed by atoms with E-state index in [2.05, 4.69) is 5.32 Å². The molecule has 3 nitrogen and oxygen atoms in total. The Morgan fingerprint density at radius 1 is 1.24 bits per heavy atom. The van der Waals surface area contributed by atoms with Gasteiger partial charge in [-0.1, -0.05) is 60.7 Å². The molecule has 114 valence electrons. The van der Waals surface area contributed by atoms with E-state index in [0.29, 0.717) is 21.0 Å². The molecule has 1 saturated carbocycles. The predicted molar refractivity (Wildman–Crippen MR) is 91.1 cm³/mol. The van der Waals surface area contributed by atoms with Crippen LogP contribution >= 0.6 is 35.4 Å². The maximum absolute atomic E-state index is 12.4. The molecule has 0 radical (unpaired) electrons. The number of thiocarbonyl (C=S) groups is 1. The van der Waals surface area contributed by atoms with Crippen molar-refractivity contribution in [2.75, 3.05) is 0 Å². The van der Waals surface area contributed by atoms with Gasteiger partial charge >= 0.3 is 0 Å². The van der Waals surface area contributed by atoms with Crippen molar-refractivity contribution in [3.63, 3.8) is 0 Å². The van der Waals surface area contributed by atoms with Crippen LogP contribution in [0.5, 0.6) is 0 Å². The van der Waals surface area contributed by atoms with Gasteiger partial charge in [-0.2, -0.15) is 0 Å². The summed E-state index contributed by atoms with van der Waals surface area (Å²) in [6, 6.07) is 4.67. The minimum atomic E-state index is -0.325. The zero-order chi connectivity index (χ0) is 15.4. The zero-order valence-corrected chi connectivity index (χ0v) is 13.9. The largest absolute Gasteiger partial charge is 0.392 e. The van der Waals surface area contributed by atoms with Crippen LogP contribution in [0.4, 0.5) is 0 Å². The molecule has 1 aromatic carbocycles. The van der Waals surface area contributed by atoms with Gasteiger partial charge in [-0.15, -0.1) is 0 Å². The number of amides is 1. The van der Waals surface area contributed by atoms with Gasteiger partial charge in [0.15, 0.2) is 0 Å². The number of carbonyl (C=O) groups excluding carboxylic acids is 1. The fourth-order valence-electron chi connectivity index (χ4n) is 2.82.